The standard InChI is InChI=1S/C17H17BrN6O3/c1-9-6-4-5-7-12(9)8-23-11(3)14(10(2)22-23)19-17(25)15-13(18)16(21-20-15)24(26)27/h4-7H,8H2,1-3H3,(H,19,25)(H,20,21). The van der Waals surface area contributed by atoms with Gasteiger partial charge < -0.3 is 15.4 Å². The van der Waals surface area contributed by atoms with Crippen molar-refractivity contribution in [3.8, 4) is 0 Å². The van der Waals surface area contributed by atoms with Crippen molar-refractivity contribution in [2.45, 2.75) is 27.3 Å². The van der Waals surface area contributed by atoms with Gasteiger partial charge in [-0.2, -0.15) is 5.10 Å². The Kier molecular flexibility index (Phi) is 5.08. The van der Waals surface area contributed by atoms with Crippen LogP contribution in [0.2, 0.25) is 0 Å². The second-order valence-electron chi connectivity index (χ2n) is 6.08. The molecule has 0 unspecified atom stereocenters. The van der Waals surface area contributed by atoms with Crippen LogP contribution in [0.3, 0.4) is 0 Å². The van der Waals surface area contributed by atoms with E-state index in [9.17, 15) is 14.9 Å². The molecule has 1 aromatic carbocycles. The lowest BCUT2D eigenvalue weighted by Gasteiger charge is -2.08. The smallest absolute Gasteiger partial charge is 0.357 e. The Hall–Kier alpha value is -3.01. The topological polar surface area (TPSA) is 119 Å². The van der Waals surface area contributed by atoms with Gasteiger partial charge in [0.05, 0.1) is 23.6 Å². The molecule has 0 radical (unpaired) electrons. The third-order valence-corrected chi connectivity index (χ3v) is 5.04. The monoisotopic (exact) mass is 432 g/mol. The summed E-state index contributed by atoms with van der Waals surface area (Å²) < 4.78 is 1.82. The average Bonchev–Trinajstić information content (AvgIpc) is 3.12. The van der Waals surface area contributed by atoms with E-state index in [1.807, 2.05) is 42.8 Å². The van der Waals surface area contributed by atoms with Crippen molar-refractivity contribution in [1.82, 2.24) is 20.0 Å². The Bertz CT molecular complexity index is 1040. The van der Waals surface area contributed by atoms with Gasteiger partial charge in [-0.1, -0.05) is 29.4 Å². The number of hydrogen-bond acceptors (Lipinski definition) is 5. The molecule has 10 heteroatoms. The number of carbonyl (C=O) groups excluding carboxylic acids is 1. The summed E-state index contributed by atoms with van der Waals surface area (Å²) in [5.41, 5.74) is 4.19. The molecule has 1 amide bonds. The number of aryl methyl sites for hydroxylation is 2. The van der Waals surface area contributed by atoms with Crippen LogP contribution in [0.4, 0.5) is 11.5 Å². The number of aromatic amines is 1. The largest absolute Gasteiger partial charge is 0.358 e. The lowest BCUT2D eigenvalue weighted by molar-refractivity contribution is -0.390. The van der Waals surface area contributed by atoms with Crippen LogP contribution in [-0.2, 0) is 6.54 Å². The summed E-state index contributed by atoms with van der Waals surface area (Å²) in [5.74, 6) is -0.934. The predicted octanol–water partition coefficient (Wildman–Crippen LogP) is 3.50. The number of nitrogens with one attached hydrogen (secondary N) is 2. The van der Waals surface area contributed by atoms with Gasteiger partial charge in [0.2, 0.25) is 0 Å². The van der Waals surface area contributed by atoms with Gasteiger partial charge in [0.1, 0.15) is 4.47 Å². The minimum absolute atomic E-state index is 0.00704. The summed E-state index contributed by atoms with van der Waals surface area (Å²) in [6, 6.07) is 8.01. The molecule has 3 rings (SSSR count). The van der Waals surface area contributed by atoms with Crippen molar-refractivity contribution in [1.29, 1.82) is 0 Å². The quantitative estimate of drug-likeness (QED) is 0.472. The molecule has 2 aromatic heterocycles. The van der Waals surface area contributed by atoms with Gasteiger partial charge in [0, 0.05) is 0 Å². The normalized spacial score (nSPS) is 10.8. The predicted molar refractivity (Wildman–Crippen MR) is 103 cm³/mol. The summed E-state index contributed by atoms with van der Waals surface area (Å²) in [4.78, 5) is 22.8. The first-order valence-corrected chi connectivity index (χ1v) is 8.87. The van der Waals surface area contributed by atoms with E-state index < -0.39 is 10.8 Å². The van der Waals surface area contributed by atoms with E-state index in [1.165, 1.54) is 0 Å². The van der Waals surface area contributed by atoms with Crippen molar-refractivity contribution in [2.24, 2.45) is 0 Å². The SMILES string of the molecule is Cc1ccccc1Cn1nc(C)c(NC(=O)c2n[nH]c([N+](=O)[O-])c2Br)c1C. The first kappa shape index (κ1) is 18.8. The number of rotatable bonds is 5. The fourth-order valence-electron chi connectivity index (χ4n) is 2.74. The van der Waals surface area contributed by atoms with Crippen molar-refractivity contribution >= 4 is 33.3 Å². The highest BCUT2D eigenvalue weighted by Crippen LogP contribution is 2.27. The maximum atomic E-state index is 12.5. The molecule has 3 aromatic rings. The van der Waals surface area contributed by atoms with Crippen LogP contribution in [0.15, 0.2) is 28.7 Å². The third kappa shape index (κ3) is 3.61. The highest BCUT2D eigenvalue weighted by atomic mass is 79.9. The van der Waals surface area contributed by atoms with Crippen molar-refractivity contribution in [3.63, 3.8) is 0 Å². The number of aromatic nitrogens is 4. The summed E-state index contributed by atoms with van der Waals surface area (Å²) in [5, 5.41) is 24.1. The Morgan fingerprint density at radius 1 is 1.33 bits per heavy atom. The number of nitro groups is 1. The van der Waals surface area contributed by atoms with Crippen molar-refractivity contribution in [2.75, 3.05) is 5.32 Å². The zero-order valence-electron chi connectivity index (χ0n) is 14.9. The molecule has 0 bridgehead atoms. The van der Waals surface area contributed by atoms with Gasteiger partial charge in [-0.05, 0) is 52.8 Å². The van der Waals surface area contributed by atoms with Crippen molar-refractivity contribution in [3.05, 3.63) is 67.1 Å². The fraction of sp³-hybridized carbons (Fsp3) is 0.235. The molecule has 0 spiro atoms. The lowest BCUT2D eigenvalue weighted by atomic mass is 10.1. The lowest BCUT2D eigenvalue weighted by Crippen LogP contribution is -2.14. The van der Waals surface area contributed by atoms with E-state index >= 15 is 0 Å². The van der Waals surface area contributed by atoms with Crippen LogP contribution in [-0.4, -0.2) is 30.8 Å². The Morgan fingerprint density at radius 3 is 2.67 bits per heavy atom. The van der Waals surface area contributed by atoms with Crippen LogP contribution >= 0.6 is 15.9 Å². The zero-order valence-corrected chi connectivity index (χ0v) is 16.5. The maximum Gasteiger partial charge on any atom is 0.357 e. The Labute approximate surface area is 163 Å². The molecule has 0 saturated carbocycles. The van der Waals surface area contributed by atoms with Gasteiger partial charge in [0.25, 0.3) is 5.91 Å². The number of H-pyrrole nitrogens is 1. The molecular formula is C17H17BrN6O3. The number of halogens is 1. The van der Waals surface area contributed by atoms with Crippen LogP contribution < -0.4 is 5.32 Å². The molecule has 27 heavy (non-hydrogen) atoms. The molecule has 0 fully saturated rings. The van der Waals surface area contributed by atoms with E-state index in [4.69, 9.17) is 0 Å². The first-order chi connectivity index (χ1) is 12.8. The molecule has 2 heterocycles. The van der Waals surface area contributed by atoms with Gasteiger partial charge in [-0.15, -0.1) is 5.10 Å². The van der Waals surface area contributed by atoms with Gasteiger partial charge in [0.15, 0.2) is 5.69 Å². The fourth-order valence-corrected chi connectivity index (χ4v) is 3.25. The van der Waals surface area contributed by atoms with E-state index in [-0.39, 0.29) is 16.0 Å². The second kappa shape index (κ2) is 7.31. The summed E-state index contributed by atoms with van der Waals surface area (Å²) >= 11 is 3.04. The highest BCUT2D eigenvalue weighted by Gasteiger charge is 2.26. The second-order valence-corrected chi connectivity index (χ2v) is 6.87. The number of anilines is 1. The minimum atomic E-state index is -0.648. The third-order valence-electron chi connectivity index (χ3n) is 4.29. The summed E-state index contributed by atoms with van der Waals surface area (Å²) in [7, 11) is 0. The van der Waals surface area contributed by atoms with Gasteiger partial charge in [-0.25, -0.2) is 0 Å². The average molecular weight is 433 g/mol. The molecule has 140 valence electrons. The van der Waals surface area contributed by atoms with Crippen LogP contribution in [0.25, 0.3) is 0 Å². The Morgan fingerprint density at radius 2 is 2.04 bits per heavy atom. The van der Waals surface area contributed by atoms with Crippen molar-refractivity contribution < 1.29 is 9.72 Å². The molecule has 0 atom stereocenters. The molecular weight excluding hydrogens is 416 g/mol. The minimum Gasteiger partial charge on any atom is -0.358 e. The zero-order chi connectivity index (χ0) is 19.7. The van der Waals surface area contributed by atoms with Crippen LogP contribution in [0.1, 0.15) is 33.0 Å². The highest BCUT2D eigenvalue weighted by molar-refractivity contribution is 9.10. The number of hydrogen-bond donors (Lipinski definition) is 2. The number of nitrogens with zero attached hydrogens (tertiary/aromatic N) is 4. The van der Waals surface area contributed by atoms with Crippen LogP contribution in [0, 0.1) is 30.9 Å². The van der Waals surface area contributed by atoms with E-state index in [2.05, 4.69) is 36.5 Å². The van der Waals surface area contributed by atoms with E-state index in [0.29, 0.717) is 17.9 Å². The number of carbonyl (C=O) groups is 1. The molecule has 0 saturated heterocycles. The van der Waals surface area contributed by atoms with E-state index in [1.54, 1.807) is 6.92 Å². The molecule has 0 aliphatic rings. The Balaban J connectivity index is 1.86. The number of amides is 1. The first-order valence-electron chi connectivity index (χ1n) is 8.07. The molecule has 9 nitrogen and oxygen atoms in total. The van der Waals surface area contributed by atoms with Crippen LogP contribution in [0.5, 0.6) is 0 Å². The molecule has 2 N–H and O–H groups in total. The maximum absolute atomic E-state index is 12.5. The summed E-state index contributed by atoms with van der Waals surface area (Å²) in [6.07, 6.45) is 0. The molecule has 0 aliphatic carbocycles. The molecule has 0 aliphatic heterocycles. The van der Waals surface area contributed by atoms with Gasteiger partial charge >= 0.3 is 5.82 Å². The van der Waals surface area contributed by atoms with E-state index in [0.717, 1.165) is 16.8 Å². The number of benzene rings is 1. The van der Waals surface area contributed by atoms with Gasteiger partial charge in [-0.3, -0.25) is 9.48 Å². The summed E-state index contributed by atoms with van der Waals surface area (Å²) in [6.45, 7) is 6.26.